The van der Waals surface area contributed by atoms with Crippen LogP contribution in [0.3, 0.4) is 0 Å². The first-order valence-electron chi connectivity index (χ1n) is 6.37. The van der Waals surface area contributed by atoms with Crippen LogP contribution in [-0.4, -0.2) is 43.9 Å². The molecule has 1 heterocycles. The molecule has 0 saturated carbocycles. The summed E-state index contributed by atoms with van der Waals surface area (Å²) in [5.41, 5.74) is 1.24. The fourth-order valence-corrected chi connectivity index (χ4v) is 1.66. The van der Waals surface area contributed by atoms with Crippen molar-refractivity contribution in [1.29, 1.82) is 0 Å². The number of amides is 1. The van der Waals surface area contributed by atoms with Crippen molar-refractivity contribution >= 4 is 5.91 Å². The molecule has 106 valence electrons. The van der Waals surface area contributed by atoms with Gasteiger partial charge in [-0.1, -0.05) is 13.0 Å². The maximum atomic E-state index is 12.1. The highest BCUT2D eigenvalue weighted by atomic mass is 16.3. The number of aliphatic hydroxyl groups is 1. The predicted octanol–water partition coefficient (Wildman–Crippen LogP) is 0.409. The van der Waals surface area contributed by atoms with E-state index < -0.39 is 0 Å². The number of nitrogens with zero attached hydrogens (tertiary/aromatic N) is 4. The molecule has 2 N–H and O–H groups in total. The van der Waals surface area contributed by atoms with Gasteiger partial charge in [-0.15, -0.1) is 5.10 Å². The molecule has 0 aliphatic heterocycles. The van der Waals surface area contributed by atoms with Crippen LogP contribution in [-0.2, 0) is 0 Å². The lowest BCUT2D eigenvalue weighted by molar-refractivity contribution is 0.0916. The van der Waals surface area contributed by atoms with Gasteiger partial charge in [0.15, 0.2) is 0 Å². The maximum absolute atomic E-state index is 12.1. The first-order chi connectivity index (χ1) is 9.61. The van der Waals surface area contributed by atoms with E-state index >= 15 is 0 Å². The molecule has 20 heavy (non-hydrogen) atoms. The van der Waals surface area contributed by atoms with Gasteiger partial charge >= 0.3 is 0 Å². The molecule has 0 fully saturated rings. The second kappa shape index (κ2) is 6.25. The number of aliphatic hydroxyl groups excluding tert-OH is 1. The van der Waals surface area contributed by atoms with Gasteiger partial charge in [0.05, 0.1) is 5.69 Å². The Labute approximate surface area is 116 Å². The first kappa shape index (κ1) is 14.1. The van der Waals surface area contributed by atoms with Crippen molar-refractivity contribution in [3.63, 3.8) is 0 Å². The Kier molecular flexibility index (Phi) is 4.41. The van der Waals surface area contributed by atoms with Gasteiger partial charge in [-0.3, -0.25) is 4.79 Å². The number of hydrogen-bond acceptors (Lipinski definition) is 5. The Bertz CT molecular complexity index is 570. The number of aromatic nitrogens is 4. The van der Waals surface area contributed by atoms with Crippen molar-refractivity contribution in [1.82, 2.24) is 25.5 Å². The van der Waals surface area contributed by atoms with Crippen molar-refractivity contribution in [2.24, 2.45) is 5.92 Å². The largest absolute Gasteiger partial charge is 0.396 e. The Morgan fingerprint density at radius 2 is 2.25 bits per heavy atom. The van der Waals surface area contributed by atoms with Gasteiger partial charge in [-0.05, 0) is 41.5 Å². The monoisotopic (exact) mass is 275 g/mol. The van der Waals surface area contributed by atoms with Crippen LogP contribution in [0.1, 0.15) is 24.2 Å². The maximum Gasteiger partial charge on any atom is 0.251 e. The molecule has 0 bridgehead atoms. The van der Waals surface area contributed by atoms with Crippen molar-refractivity contribution in [3.05, 3.63) is 36.2 Å². The van der Waals surface area contributed by atoms with Gasteiger partial charge in [0.2, 0.25) is 0 Å². The van der Waals surface area contributed by atoms with Gasteiger partial charge in [0, 0.05) is 18.2 Å². The summed E-state index contributed by atoms with van der Waals surface area (Å²) in [6.45, 7) is 3.78. The summed E-state index contributed by atoms with van der Waals surface area (Å²) in [7, 11) is 0. The third kappa shape index (κ3) is 3.18. The minimum absolute atomic E-state index is 0.00153. The highest BCUT2D eigenvalue weighted by Gasteiger charge is 2.15. The molecule has 1 amide bonds. The average Bonchev–Trinajstić information content (AvgIpc) is 3.00. The van der Waals surface area contributed by atoms with Crippen molar-refractivity contribution in [2.75, 3.05) is 6.61 Å². The normalized spacial score (nSPS) is 13.8. The molecule has 0 saturated heterocycles. The molecule has 2 rings (SSSR count). The molecule has 1 aromatic carbocycles. The molecular weight excluding hydrogens is 258 g/mol. The van der Waals surface area contributed by atoms with Gasteiger partial charge < -0.3 is 10.4 Å². The molecule has 0 radical (unpaired) electrons. The Morgan fingerprint density at radius 3 is 2.90 bits per heavy atom. The van der Waals surface area contributed by atoms with Crippen LogP contribution in [0.5, 0.6) is 0 Å². The average molecular weight is 275 g/mol. The van der Waals surface area contributed by atoms with E-state index in [4.69, 9.17) is 5.11 Å². The van der Waals surface area contributed by atoms with Crippen LogP contribution < -0.4 is 5.32 Å². The van der Waals surface area contributed by atoms with Crippen LogP contribution in [0, 0.1) is 5.92 Å². The van der Waals surface area contributed by atoms with E-state index in [9.17, 15) is 4.79 Å². The molecule has 7 heteroatoms. The van der Waals surface area contributed by atoms with E-state index in [0.717, 1.165) is 0 Å². The van der Waals surface area contributed by atoms with E-state index in [1.807, 2.05) is 19.9 Å². The van der Waals surface area contributed by atoms with Crippen LogP contribution in [0.15, 0.2) is 30.6 Å². The summed E-state index contributed by atoms with van der Waals surface area (Å²) < 4.78 is 1.48. The predicted molar refractivity (Wildman–Crippen MR) is 72.3 cm³/mol. The lowest BCUT2D eigenvalue weighted by atomic mass is 10.0. The number of carbonyl (C=O) groups excluding carboxylic acids is 1. The lowest BCUT2D eigenvalue weighted by Gasteiger charge is -2.19. The minimum Gasteiger partial charge on any atom is -0.396 e. The number of benzene rings is 1. The number of carbonyl (C=O) groups is 1. The Balaban J connectivity index is 2.13. The van der Waals surface area contributed by atoms with Crippen LogP contribution in [0.2, 0.25) is 0 Å². The van der Waals surface area contributed by atoms with Crippen molar-refractivity contribution < 1.29 is 9.90 Å². The van der Waals surface area contributed by atoms with Crippen molar-refractivity contribution in [3.8, 4) is 5.69 Å². The summed E-state index contributed by atoms with van der Waals surface area (Å²) in [4.78, 5) is 12.1. The molecule has 7 nitrogen and oxygen atoms in total. The fourth-order valence-electron chi connectivity index (χ4n) is 1.66. The van der Waals surface area contributed by atoms with E-state index in [0.29, 0.717) is 11.3 Å². The molecule has 2 unspecified atom stereocenters. The van der Waals surface area contributed by atoms with E-state index in [2.05, 4.69) is 20.8 Å². The van der Waals surface area contributed by atoms with Gasteiger partial charge in [0.25, 0.3) is 5.91 Å². The molecule has 2 aromatic rings. The second-order valence-electron chi connectivity index (χ2n) is 4.73. The standard InChI is InChI=1S/C13H17N5O2/c1-9(7-19)10(2)15-13(20)11-4-3-5-12(6-11)18-8-14-16-17-18/h3-6,8-10,19H,7H2,1-2H3,(H,15,20). The van der Waals surface area contributed by atoms with E-state index in [-0.39, 0.29) is 24.5 Å². The van der Waals surface area contributed by atoms with Crippen LogP contribution in [0.4, 0.5) is 0 Å². The zero-order valence-corrected chi connectivity index (χ0v) is 11.4. The number of tetrazole rings is 1. The Morgan fingerprint density at radius 1 is 1.45 bits per heavy atom. The number of rotatable bonds is 5. The molecule has 2 atom stereocenters. The van der Waals surface area contributed by atoms with E-state index in [1.165, 1.54) is 11.0 Å². The first-order valence-corrected chi connectivity index (χ1v) is 6.37. The topological polar surface area (TPSA) is 92.9 Å². The summed E-state index contributed by atoms with van der Waals surface area (Å²) in [6.07, 6.45) is 1.47. The molecule has 0 spiro atoms. The summed E-state index contributed by atoms with van der Waals surface area (Å²) in [6, 6.07) is 6.91. The lowest BCUT2D eigenvalue weighted by Crippen LogP contribution is -2.38. The minimum atomic E-state index is -0.187. The SMILES string of the molecule is CC(CO)C(C)NC(=O)c1cccc(-n2cnnn2)c1. The third-order valence-corrected chi connectivity index (χ3v) is 3.22. The Hall–Kier alpha value is -2.28. The fraction of sp³-hybridized carbons (Fsp3) is 0.385. The zero-order valence-electron chi connectivity index (χ0n) is 11.4. The van der Waals surface area contributed by atoms with Gasteiger partial charge in [0.1, 0.15) is 6.33 Å². The zero-order chi connectivity index (χ0) is 14.5. The summed E-state index contributed by atoms with van der Waals surface area (Å²) in [5.74, 6) is -0.186. The second-order valence-corrected chi connectivity index (χ2v) is 4.73. The van der Waals surface area contributed by atoms with Crippen LogP contribution in [0.25, 0.3) is 5.69 Å². The highest BCUT2D eigenvalue weighted by molar-refractivity contribution is 5.94. The summed E-state index contributed by atoms with van der Waals surface area (Å²) >= 11 is 0. The molecule has 0 aliphatic carbocycles. The molecule has 1 aromatic heterocycles. The van der Waals surface area contributed by atoms with Gasteiger partial charge in [-0.2, -0.15) is 0 Å². The smallest absolute Gasteiger partial charge is 0.251 e. The quantitative estimate of drug-likeness (QED) is 0.824. The third-order valence-electron chi connectivity index (χ3n) is 3.22. The van der Waals surface area contributed by atoms with Crippen LogP contribution >= 0.6 is 0 Å². The van der Waals surface area contributed by atoms with E-state index in [1.54, 1.807) is 18.2 Å². The number of nitrogens with one attached hydrogen (secondary N) is 1. The van der Waals surface area contributed by atoms with Gasteiger partial charge in [-0.25, -0.2) is 4.68 Å². The molecule has 0 aliphatic rings. The highest BCUT2D eigenvalue weighted by Crippen LogP contribution is 2.10. The summed E-state index contributed by atoms with van der Waals surface area (Å²) in [5, 5.41) is 22.8. The molecular formula is C13H17N5O2. The number of hydrogen-bond donors (Lipinski definition) is 2. The van der Waals surface area contributed by atoms with Crippen molar-refractivity contribution in [2.45, 2.75) is 19.9 Å².